The SMILES string of the molecule is Nc1cc(C(=O)NCc2ccccc2)c(Cl)cn1. The highest BCUT2D eigenvalue weighted by molar-refractivity contribution is 6.33. The first kappa shape index (κ1) is 12.4. The average molecular weight is 262 g/mol. The number of halogens is 1. The molecule has 1 amide bonds. The quantitative estimate of drug-likeness (QED) is 0.890. The number of nitrogens with one attached hydrogen (secondary N) is 1. The summed E-state index contributed by atoms with van der Waals surface area (Å²) in [7, 11) is 0. The lowest BCUT2D eigenvalue weighted by Gasteiger charge is -2.07. The summed E-state index contributed by atoms with van der Waals surface area (Å²) in [4.78, 5) is 15.7. The predicted octanol–water partition coefficient (Wildman–Crippen LogP) is 2.25. The number of nitrogens with two attached hydrogens (primary N) is 1. The fourth-order valence-electron chi connectivity index (χ4n) is 1.50. The molecule has 2 aromatic rings. The summed E-state index contributed by atoms with van der Waals surface area (Å²) in [5.41, 5.74) is 6.87. The van der Waals surface area contributed by atoms with E-state index in [4.69, 9.17) is 17.3 Å². The zero-order chi connectivity index (χ0) is 13.0. The maximum Gasteiger partial charge on any atom is 0.253 e. The summed E-state index contributed by atoms with van der Waals surface area (Å²) < 4.78 is 0. The van der Waals surface area contributed by atoms with Crippen LogP contribution in [0, 0.1) is 0 Å². The third-order valence-corrected chi connectivity index (χ3v) is 2.72. The van der Waals surface area contributed by atoms with Crippen LogP contribution in [0.2, 0.25) is 5.02 Å². The van der Waals surface area contributed by atoms with E-state index in [9.17, 15) is 4.79 Å². The molecular weight excluding hydrogens is 250 g/mol. The number of hydrogen-bond donors (Lipinski definition) is 2. The molecule has 0 aliphatic heterocycles. The molecule has 0 saturated carbocycles. The van der Waals surface area contributed by atoms with Gasteiger partial charge in [0, 0.05) is 12.7 Å². The van der Waals surface area contributed by atoms with Crippen molar-refractivity contribution in [3.05, 3.63) is 58.7 Å². The Morgan fingerprint density at radius 2 is 2.06 bits per heavy atom. The Morgan fingerprint density at radius 3 is 2.78 bits per heavy atom. The van der Waals surface area contributed by atoms with Crippen LogP contribution in [0.25, 0.3) is 0 Å². The van der Waals surface area contributed by atoms with E-state index in [2.05, 4.69) is 10.3 Å². The van der Waals surface area contributed by atoms with Gasteiger partial charge in [0.15, 0.2) is 0 Å². The average Bonchev–Trinajstić information content (AvgIpc) is 2.40. The van der Waals surface area contributed by atoms with Gasteiger partial charge in [-0.05, 0) is 11.6 Å². The van der Waals surface area contributed by atoms with Gasteiger partial charge in [-0.1, -0.05) is 41.9 Å². The molecule has 4 nitrogen and oxygen atoms in total. The van der Waals surface area contributed by atoms with Gasteiger partial charge in [-0.15, -0.1) is 0 Å². The van der Waals surface area contributed by atoms with Crippen molar-refractivity contribution < 1.29 is 4.79 Å². The summed E-state index contributed by atoms with van der Waals surface area (Å²) in [6.45, 7) is 0.443. The number of nitrogen functional groups attached to an aromatic ring is 1. The van der Waals surface area contributed by atoms with Gasteiger partial charge < -0.3 is 11.1 Å². The van der Waals surface area contributed by atoms with Crippen LogP contribution in [0.3, 0.4) is 0 Å². The van der Waals surface area contributed by atoms with Crippen LogP contribution in [0.1, 0.15) is 15.9 Å². The van der Waals surface area contributed by atoms with Gasteiger partial charge in [0.25, 0.3) is 5.91 Å². The number of carbonyl (C=O) groups is 1. The van der Waals surface area contributed by atoms with E-state index >= 15 is 0 Å². The second-order valence-electron chi connectivity index (χ2n) is 3.76. The first-order valence-electron chi connectivity index (χ1n) is 5.40. The molecule has 0 unspecified atom stereocenters. The molecule has 0 saturated heterocycles. The standard InChI is InChI=1S/C13H12ClN3O/c14-11-8-16-12(15)6-10(11)13(18)17-7-9-4-2-1-3-5-9/h1-6,8H,7H2,(H2,15,16)(H,17,18). The zero-order valence-corrected chi connectivity index (χ0v) is 10.3. The smallest absolute Gasteiger partial charge is 0.253 e. The van der Waals surface area contributed by atoms with Crippen molar-refractivity contribution in [2.75, 3.05) is 5.73 Å². The number of benzene rings is 1. The van der Waals surface area contributed by atoms with Crippen LogP contribution in [0.15, 0.2) is 42.6 Å². The summed E-state index contributed by atoms with van der Waals surface area (Å²) in [5, 5.41) is 3.06. The molecule has 0 bridgehead atoms. The lowest BCUT2D eigenvalue weighted by molar-refractivity contribution is 0.0951. The maximum atomic E-state index is 11.9. The number of nitrogens with zero attached hydrogens (tertiary/aromatic N) is 1. The van der Waals surface area contributed by atoms with Crippen molar-refractivity contribution in [3.8, 4) is 0 Å². The number of hydrogen-bond acceptors (Lipinski definition) is 3. The minimum atomic E-state index is -0.266. The molecule has 1 aromatic carbocycles. The number of aromatic nitrogens is 1. The molecule has 92 valence electrons. The number of pyridine rings is 1. The van der Waals surface area contributed by atoms with E-state index in [-0.39, 0.29) is 16.7 Å². The second-order valence-corrected chi connectivity index (χ2v) is 4.16. The van der Waals surface area contributed by atoms with Crippen molar-refractivity contribution in [1.82, 2.24) is 10.3 Å². The van der Waals surface area contributed by atoms with E-state index in [1.807, 2.05) is 30.3 Å². The minimum Gasteiger partial charge on any atom is -0.384 e. The molecule has 2 rings (SSSR count). The maximum absolute atomic E-state index is 11.9. The van der Waals surface area contributed by atoms with Gasteiger partial charge in [-0.3, -0.25) is 4.79 Å². The summed E-state index contributed by atoms with van der Waals surface area (Å²) >= 11 is 5.89. The predicted molar refractivity (Wildman–Crippen MR) is 71.3 cm³/mol. The summed E-state index contributed by atoms with van der Waals surface area (Å²) in [6, 6.07) is 11.1. The lowest BCUT2D eigenvalue weighted by atomic mass is 10.2. The summed E-state index contributed by atoms with van der Waals surface area (Å²) in [6.07, 6.45) is 1.37. The van der Waals surface area contributed by atoms with E-state index < -0.39 is 0 Å². The minimum absolute atomic E-state index is 0.266. The highest BCUT2D eigenvalue weighted by Gasteiger charge is 2.10. The van der Waals surface area contributed by atoms with Gasteiger partial charge in [-0.25, -0.2) is 4.98 Å². The largest absolute Gasteiger partial charge is 0.384 e. The molecule has 1 aromatic heterocycles. The van der Waals surface area contributed by atoms with E-state index in [0.29, 0.717) is 12.1 Å². The molecule has 3 N–H and O–H groups in total. The van der Waals surface area contributed by atoms with Gasteiger partial charge in [0.1, 0.15) is 5.82 Å². The Bertz CT molecular complexity index is 557. The molecule has 0 fully saturated rings. The first-order chi connectivity index (χ1) is 8.66. The van der Waals surface area contributed by atoms with Gasteiger partial charge in [0.05, 0.1) is 10.6 Å². The van der Waals surface area contributed by atoms with E-state index in [0.717, 1.165) is 5.56 Å². The van der Waals surface area contributed by atoms with Gasteiger partial charge in [-0.2, -0.15) is 0 Å². The van der Waals surface area contributed by atoms with Crippen LogP contribution in [0.5, 0.6) is 0 Å². The van der Waals surface area contributed by atoms with Gasteiger partial charge >= 0.3 is 0 Å². The van der Waals surface area contributed by atoms with Crippen LogP contribution in [0.4, 0.5) is 5.82 Å². The van der Waals surface area contributed by atoms with Crippen LogP contribution >= 0.6 is 11.6 Å². The molecular formula is C13H12ClN3O. The molecule has 0 radical (unpaired) electrons. The molecule has 0 spiro atoms. The van der Waals surface area contributed by atoms with Gasteiger partial charge in [0.2, 0.25) is 0 Å². The highest BCUT2D eigenvalue weighted by atomic mass is 35.5. The van der Waals surface area contributed by atoms with Crippen molar-refractivity contribution in [2.24, 2.45) is 0 Å². The lowest BCUT2D eigenvalue weighted by Crippen LogP contribution is -2.23. The third-order valence-electron chi connectivity index (χ3n) is 2.42. The van der Waals surface area contributed by atoms with Crippen molar-refractivity contribution >= 4 is 23.3 Å². The fraction of sp³-hybridized carbons (Fsp3) is 0.0769. The third kappa shape index (κ3) is 2.99. The Labute approximate surface area is 110 Å². The Kier molecular flexibility index (Phi) is 3.79. The molecule has 5 heteroatoms. The Hall–Kier alpha value is -2.07. The number of anilines is 1. The van der Waals surface area contributed by atoms with Crippen LogP contribution < -0.4 is 11.1 Å². The zero-order valence-electron chi connectivity index (χ0n) is 9.56. The monoisotopic (exact) mass is 261 g/mol. The van der Waals surface area contributed by atoms with Crippen LogP contribution in [-0.4, -0.2) is 10.9 Å². The Balaban J connectivity index is 2.06. The van der Waals surface area contributed by atoms with Crippen LogP contribution in [-0.2, 0) is 6.54 Å². The summed E-state index contributed by atoms with van der Waals surface area (Å²) in [5.74, 6) is 0.00205. The van der Waals surface area contributed by atoms with E-state index in [1.165, 1.54) is 12.3 Å². The molecule has 18 heavy (non-hydrogen) atoms. The highest BCUT2D eigenvalue weighted by Crippen LogP contribution is 2.16. The topological polar surface area (TPSA) is 68.0 Å². The molecule has 0 atom stereocenters. The normalized spacial score (nSPS) is 10.1. The van der Waals surface area contributed by atoms with Crippen molar-refractivity contribution in [1.29, 1.82) is 0 Å². The van der Waals surface area contributed by atoms with Crippen molar-refractivity contribution in [2.45, 2.75) is 6.54 Å². The second kappa shape index (κ2) is 5.51. The van der Waals surface area contributed by atoms with E-state index in [1.54, 1.807) is 0 Å². The Morgan fingerprint density at radius 1 is 1.33 bits per heavy atom. The number of carbonyl (C=O) groups excluding carboxylic acids is 1. The molecule has 0 aliphatic carbocycles. The number of rotatable bonds is 3. The number of amides is 1. The molecule has 0 aliphatic rings. The first-order valence-corrected chi connectivity index (χ1v) is 5.78. The van der Waals surface area contributed by atoms with Crippen molar-refractivity contribution in [3.63, 3.8) is 0 Å². The fourth-order valence-corrected chi connectivity index (χ4v) is 1.69. The molecule has 1 heterocycles.